The molecule has 2 aliphatic rings. The second-order valence-corrected chi connectivity index (χ2v) is 5.55. The van der Waals surface area contributed by atoms with Crippen molar-refractivity contribution >= 4 is 5.78 Å². The maximum atomic E-state index is 12.8. The lowest BCUT2D eigenvalue weighted by atomic mass is 9.62. The third-order valence-electron chi connectivity index (χ3n) is 4.19. The van der Waals surface area contributed by atoms with Gasteiger partial charge in [-0.15, -0.1) is 0 Å². The van der Waals surface area contributed by atoms with Gasteiger partial charge in [0.15, 0.2) is 5.78 Å². The van der Waals surface area contributed by atoms with Gasteiger partial charge in [-0.25, -0.2) is 0 Å². The van der Waals surface area contributed by atoms with Gasteiger partial charge in [0.25, 0.3) is 0 Å². The highest BCUT2D eigenvalue weighted by atomic mass is 16.1. The third kappa shape index (κ3) is 1.46. The summed E-state index contributed by atoms with van der Waals surface area (Å²) in [6.45, 7) is 5.13. The Morgan fingerprint density at radius 3 is 2.18 bits per heavy atom. The smallest absolute Gasteiger partial charge is 0.154 e. The summed E-state index contributed by atoms with van der Waals surface area (Å²) in [6.07, 6.45) is 0. The maximum Gasteiger partial charge on any atom is 0.154 e. The van der Waals surface area contributed by atoms with Crippen LogP contribution >= 0.6 is 0 Å². The molecular formula is C14H18N2O. The van der Waals surface area contributed by atoms with Gasteiger partial charge in [-0.2, -0.15) is 0 Å². The van der Waals surface area contributed by atoms with Crippen molar-refractivity contribution in [1.29, 1.82) is 0 Å². The molecule has 2 N–H and O–H groups in total. The van der Waals surface area contributed by atoms with Crippen LogP contribution in [-0.2, 0) is 10.2 Å². The summed E-state index contributed by atoms with van der Waals surface area (Å²) in [5.74, 6) is 0.397. The summed E-state index contributed by atoms with van der Waals surface area (Å²) < 4.78 is 0. The molecule has 0 unspecified atom stereocenters. The van der Waals surface area contributed by atoms with Crippen LogP contribution in [0.4, 0.5) is 0 Å². The second kappa shape index (κ2) is 3.65. The normalized spacial score (nSPS) is 36.9. The topological polar surface area (TPSA) is 41.1 Å². The summed E-state index contributed by atoms with van der Waals surface area (Å²) >= 11 is 0. The molecule has 0 aromatic heterocycles. The van der Waals surface area contributed by atoms with E-state index in [1.807, 2.05) is 18.2 Å². The molecule has 2 fully saturated rings. The van der Waals surface area contributed by atoms with Crippen molar-refractivity contribution in [3.8, 4) is 0 Å². The van der Waals surface area contributed by atoms with Crippen molar-refractivity contribution in [2.75, 3.05) is 26.2 Å². The Labute approximate surface area is 102 Å². The Morgan fingerprint density at radius 2 is 1.59 bits per heavy atom. The van der Waals surface area contributed by atoms with Crippen LogP contribution in [0, 0.1) is 5.41 Å². The first-order valence-electron chi connectivity index (χ1n) is 6.19. The van der Waals surface area contributed by atoms with E-state index in [9.17, 15) is 4.79 Å². The lowest BCUT2D eigenvalue weighted by molar-refractivity contribution is -0.138. The molecule has 2 aliphatic heterocycles. The van der Waals surface area contributed by atoms with Crippen LogP contribution in [0.1, 0.15) is 12.5 Å². The van der Waals surface area contributed by atoms with E-state index in [0.29, 0.717) is 5.78 Å². The standard InChI is InChI=1S/C14H18N2O/c1-13-7-15-9-14(12(13)17,10-16-8-13)11-5-3-2-4-6-11/h2-6,15-16H,7-10H2,1H3. The molecule has 0 atom stereocenters. The minimum Gasteiger partial charge on any atom is -0.314 e. The predicted molar refractivity (Wildman–Crippen MR) is 67.0 cm³/mol. The van der Waals surface area contributed by atoms with Crippen molar-refractivity contribution in [2.24, 2.45) is 5.41 Å². The van der Waals surface area contributed by atoms with Gasteiger partial charge in [-0.1, -0.05) is 37.3 Å². The molecule has 3 nitrogen and oxygen atoms in total. The molecule has 90 valence electrons. The number of Topliss-reactive ketones (excluding diaryl/α,β-unsaturated/α-hetero) is 1. The molecule has 2 bridgehead atoms. The highest BCUT2D eigenvalue weighted by Crippen LogP contribution is 2.38. The van der Waals surface area contributed by atoms with E-state index < -0.39 is 0 Å². The van der Waals surface area contributed by atoms with E-state index in [0.717, 1.165) is 31.7 Å². The van der Waals surface area contributed by atoms with Crippen molar-refractivity contribution in [3.63, 3.8) is 0 Å². The molecule has 1 aromatic rings. The fourth-order valence-electron chi connectivity index (χ4n) is 3.22. The summed E-state index contributed by atoms with van der Waals surface area (Å²) in [7, 11) is 0. The van der Waals surface area contributed by atoms with Crippen molar-refractivity contribution in [1.82, 2.24) is 10.6 Å². The Morgan fingerprint density at radius 1 is 1.00 bits per heavy atom. The van der Waals surface area contributed by atoms with E-state index in [-0.39, 0.29) is 10.8 Å². The molecule has 3 heteroatoms. The summed E-state index contributed by atoms with van der Waals surface area (Å²) in [4.78, 5) is 12.8. The van der Waals surface area contributed by atoms with Gasteiger partial charge < -0.3 is 10.6 Å². The second-order valence-electron chi connectivity index (χ2n) is 5.55. The minimum atomic E-state index is -0.369. The monoisotopic (exact) mass is 230 g/mol. The molecule has 1 aromatic carbocycles. The Bertz CT molecular complexity index is 431. The molecular weight excluding hydrogens is 212 g/mol. The van der Waals surface area contributed by atoms with Gasteiger partial charge in [-0.05, 0) is 5.56 Å². The minimum absolute atomic E-state index is 0.258. The van der Waals surface area contributed by atoms with E-state index in [1.165, 1.54) is 0 Å². The first-order valence-corrected chi connectivity index (χ1v) is 6.19. The molecule has 0 aliphatic carbocycles. The first kappa shape index (κ1) is 10.9. The molecule has 17 heavy (non-hydrogen) atoms. The maximum absolute atomic E-state index is 12.8. The summed E-state index contributed by atoms with van der Waals surface area (Å²) in [5, 5.41) is 6.87. The zero-order chi connectivity index (χ0) is 11.9. The number of carbonyl (C=O) groups excluding carboxylic acids is 1. The van der Waals surface area contributed by atoms with E-state index in [2.05, 4.69) is 29.7 Å². The Hall–Kier alpha value is -1.19. The highest BCUT2D eigenvalue weighted by Gasteiger charge is 2.54. The fraction of sp³-hybridized carbons (Fsp3) is 0.500. The average molecular weight is 230 g/mol. The molecule has 0 saturated carbocycles. The lowest BCUT2D eigenvalue weighted by Crippen LogP contribution is -2.69. The van der Waals surface area contributed by atoms with Crippen molar-refractivity contribution in [2.45, 2.75) is 12.3 Å². The van der Waals surface area contributed by atoms with E-state index in [1.54, 1.807) is 0 Å². The van der Waals surface area contributed by atoms with Gasteiger partial charge in [-0.3, -0.25) is 4.79 Å². The van der Waals surface area contributed by atoms with Crippen LogP contribution in [0.15, 0.2) is 30.3 Å². The summed E-state index contributed by atoms with van der Waals surface area (Å²) in [6, 6.07) is 10.2. The zero-order valence-electron chi connectivity index (χ0n) is 10.1. The van der Waals surface area contributed by atoms with Crippen molar-refractivity contribution in [3.05, 3.63) is 35.9 Å². The van der Waals surface area contributed by atoms with Gasteiger partial charge >= 0.3 is 0 Å². The van der Waals surface area contributed by atoms with Gasteiger partial charge in [0.2, 0.25) is 0 Å². The number of benzene rings is 1. The van der Waals surface area contributed by atoms with Crippen LogP contribution in [0.2, 0.25) is 0 Å². The number of ketones is 1. The molecule has 3 rings (SSSR count). The average Bonchev–Trinajstić information content (AvgIpc) is 2.33. The number of carbonyl (C=O) groups is 1. The number of hydrogen-bond acceptors (Lipinski definition) is 3. The quantitative estimate of drug-likeness (QED) is 0.746. The number of nitrogens with one attached hydrogen (secondary N) is 2. The number of piperidine rings is 2. The van der Waals surface area contributed by atoms with Gasteiger partial charge in [0.1, 0.15) is 0 Å². The van der Waals surface area contributed by atoms with Crippen molar-refractivity contribution < 1.29 is 4.79 Å². The SMILES string of the molecule is CC12CNCC(c3ccccc3)(CNC1)C2=O. The van der Waals surface area contributed by atoms with E-state index in [4.69, 9.17) is 0 Å². The largest absolute Gasteiger partial charge is 0.314 e. The first-order chi connectivity index (χ1) is 8.17. The fourth-order valence-corrected chi connectivity index (χ4v) is 3.22. The number of rotatable bonds is 1. The predicted octanol–water partition coefficient (Wildman–Crippen LogP) is 0.706. The van der Waals surface area contributed by atoms with Crippen LogP contribution < -0.4 is 10.6 Å². The number of fused-ring (bicyclic) bond motifs is 2. The van der Waals surface area contributed by atoms with Crippen LogP contribution in [0.25, 0.3) is 0 Å². The molecule has 2 saturated heterocycles. The van der Waals surface area contributed by atoms with E-state index >= 15 is 0 Å². The zero-order valence-corrected chi connectivity index (χ0v) is 10.1. The molecule has 0 amide bonds. The van der Waals surface area contributed by atoms with Crippen LogP contribution in [0.5, 0.6) is 0 Å². The third-order valence-corrected chi connectivity index (χ3v) is 4.19. The Kier molecular flexibility index (Phi) is 2.35. The number of hydrogen-bond donors (Lipinski definition) is 2. The molecule has 0 radical (unpaired) electrons. The van der Waals surface area contributed by atoms with Gasteiger partial charge in [0.05, 0.1) is 10.8 Å². The molecule has 0 spiro atoms. The Balaban J connectivity index is 2.09. The molecule has 2 heterocycles. The lowest BCUT2D eigenvalue weighted by Gasteiger charge is -2.50. The van der Waals surface area contributed by atoms with Gasteiger partial charge in [0, 0.05) is 26.2 Å². The van der Waals surface area contributed by atoms with Crippen LogP contribution in [0.3, 0.4) is 0 Å². The highest BCUT2D eigenvalue weighted by molar-refractivity contribution is 5.97. The van der Waals surface area contributed by atoms with Crippen LogP contribution in [-0.4, -0.2) is 32.0 Å². The summed E-state index contributed by atoms with van der Waals surface area (Å²) in [5.41, 5.74) is 0.509.